The SMILES string of the molecule is C=CCC1(CNC(=O)O)CCCC1. The van der Waals surface area contributed by atoms with E-state index in [0.29, 0.717) is 6.54 Å². The van der Waals surface area contributed by atoms with Crippen molar-refractivity contribution in [2.45, 2.75) is 32.1 Å². The molecule has 1 aliphatic carbocycles. The van der Waals surface area contributed by atoms with Crippen LogP contribution < -0.4 is 5.32 Å². The summed E-state index contributed by atoms with van der Waals surface area (Å²) < 4.78 is 0. The first-order valence-corrected chi connectivity index (χ1v) is 4.76. The second kappa shape index (κ2) is 4.30. The van der Waals surface area contributed by atoms with Gasteiger partial charge in [0.2, 0.25) is 0 Å². The first-order chi connectivity index (χ1) is 6.18. The molecular formula is C10H17NO2. The fourth-order valence-electron chi connectivity index (χ4n) is 2.15. The molecule has 1 amide bonds. The van der Waals surface area contributed by atoms with Crippen molar-refractivity contribution in [1.29, 1.82) is 0 Å². The van der Waals surface area contributed by atoms with E-state index in [0.717, 1.165) is 19.3 Å². The lowest BCUT2D eigenvalue weighted by Crippen LogP contribution is -2.34. The lowest BCUT2D eigenvalue weighted by molar-refractivity contribution is 0.184. The van der Waals surface area contributed by atoms with Crippen molar-refractivity contribution in [3.05, 3.63) is 12.7 Å². The molecule has 0 aromatic carbocycles. The molecule has 1 aliphatic rings. The van der Waals surface area contributed by atoms with Crippen LogP contribution in [0.5, 0.6) is 0 Å². The molecule has 0 spiro atoms. The smallest absolute Gasteiger partial charge is 0.404 e. The van der Waals surface area contributed by atoms with E-state index < -0.39 is 6.09 Å². The Kier molecular flexibility index (Phi) is 3.34. The zero-order valence-electron chi connectivity index (χ0n) is 7.88. The van der Waals surface area contributed by atoms with E-state index in [1.54, 1.807) is 0 Å². The molecule has 0 aromatic rings. The molecule has 0 radical (unpaired) electrons. The van der Waals surface area contributed by atoms with Gasteiger partial charge in [0.1, 0.15) is 0 Å². The van der Waals surface area contributed by atoms with Gasteiger partial charge in [-0.1, -0.05) is 18.9 Å². The minimum absolute atomic E-state index is 0.167. The average Bonchev–Trinajstić information content (AvgIpc) is 2.51. The third kappa shape index (κ3) is 2.76. The Morgan fingerprint density at radius 1 is 1.54 bits per heavy atom. The summed E-state index contributed by atoms with van der Waals surface area (Å²) in [5, 5.41) is 11.0. The molecule has 0 aromatic heterocycles. The lowest BCUT2D eigenvalue weighted by Gasteiger charge is -2.27. The molecule has 0 unspecified atom stereocenters. The van der Waals surface area contributed by atoms with Crippen LogP contribution in [0.4, 0.5) is 4.79 Å². The second-order valence-electron chi connectivity index (χ2n) is 3.86. The average molecular weight is 183 g/mol. The highest BCUT2D eigenvalue weighted by Crippen LogP contribution is 2.40. The van der Waals surface area contributed by atoms with Gasteiger partial charge >= 0.3 is 6.09 Å². The lowest BCUT2D eigenvalue weighted by atomic mass is 9.83. The number of rotatable bonds is 4. The largest absolute Gasteiger partial charge is 0.465 e. The van der Waals surface area contributed by atoms with Gasteiger partial charge in [-0.15, -0.1) is 6.58 Å². The highest BCUT2D eigenvalue weighted by atomic mass is 16.4. The van der Waals surface area contributed by atoms with E-state index in [9.17, 15) is 4.79 Å². The van der Waals surface area contributed by atoms with Crippen LogP contribution in [-0.2, 0) is 0 Å². The summed E-state index contributed by atoms with van der Waals surface area (Å²) in [6.45, 7) is 4.30. The summed E-state index contributed by atoms with van der Waals surface area (Å²) in [6, 6.07) is 0. The Labute approximate surface area is 78.8 Å². The van der Waals surface area contributed by atoms with E-state index in [1.165, 1.54) is 12.8 Å². The molecule has 74 valence electrons. The molecule has 0 bridgehead atoms. The Balaban J connectivity index is 2.46. The minimum atomic E-state index is -0.921. The van der Waals surface area contributed by atoms with Crippen molar-refractivity contribution >= 4 is 6.09 Å². The fraction of sp³-hybridized carbons (Fsp3) is 0.700. The third-order valence-corrected chi connectivity index (χ3v) is 2.86. The Morgan fingerprint density at radius 3 is 2.62 bits per heavy atom. The van der Waals surface area contributed by atoms with Crippen LogP contribution in [0.2, 0.25) is 0 Å². The molecule has 3 heteroatoms. The number of carbonyl (C=O) groups is 1. The predicted molar refractivity (Wildman–Crippen MR) is 51.7 cm³/mol. The summed E-state index contributed by atoms with van der Waals surface area (Å²) in [4.78, 5) is 10.4. The molecule has 1 fully saturated rings. The van der Waals surface area contributed by atoms with Gasteiger partial charge < -0.3 is 10.4 Å². The van der Waals surface area contributed by atoms with Gasteiger partial charge in [0.15, 0.2) is 0 Å². The number of hydrogen-bond acceptors (Lipinski definition) is 1. The molecule has 0 aliphatic heterocycles. The number of allylic oxidation sites excluding steroid dienone is 1. The molecular weight excluding hydrogens is 166 g/mol. The predicted octanol–water partition coefficient (Wildman–Crippen LogP) is 2.39. The molecule has 13 heavy (non-hydrogen) atoms. The van der Waals surface area contributed by atoms with Gasteiger partial charge in [-0.2, -0.15) is 0 Å². The van der Waals surface area contributed by atoms with Gasteiger partial charge in [0, 0.05) is 6.54 Å². The summed E-state index contributed by atoms with van der Waals surface area (Å²) in [6.07, 6.45) is 6.58. The summed E-state index contributed by atoms with van der Waals surface area (Å²) >= 11 is 0. The standard InChI is InChI=1S/C10H17NO2/c1-2-5-10(6-3-4-7-10)8-11-9(12)13/h2,11H,1,3-8H2,(H,12,13). The van der Waals surface area contributed by atoms with Crippen LogP contribution in [0, 0.1) is 5.41 Å². The molecule has 3 nitrogen and oxygen atoms in total. The summed E-state index contributed by atoms with van der Waals surface area (Å²) in [5.41, 5.74) is 0.167. The van der Waals surface area contributed by atoms with Crippen LogP contribution in [0.25, 0.3) is 0 Å². The third-order valence-electron chi connectivity index (χ3n) is 2.86. The molecule has 0 saturated heterocycles. The number of amides is 1. The summed E-state index contributed by atoms with van der Waals surface area (Å²) in [7, 11) is 0. The normalized spacial score (nSPS) is 19.7. The van der Waals surface area contributed by atoms with E-state index in [2.05, 4.69) is 11.9 Å². The van der Waals surface area contributed by atoms with Crippen LogP contribution in [-0.4, -0.2) is 17.7 Å². The van der Waals surface area contributed by atoms with E-state index in [1.807, 2.05) is 6.08 Å². The van der Waals surface area contributed by atoms with E-state index >= 15 is 0 Å². The molecule has 1 saturated carbocycles. The maximum atomic E-state index is 10.4. The molecule has 1 rings (SSSR count). The van der Waals surface area contributed by atoms with Crippen molar-refractivity contribution in [2.75, 3.05) is 6.54 Å². The molecule has 0 atom stereocenters. The molecule has 2 N–H and O–H groups in total. The summed E-state index contributed by atoms with van der Waals surface area (Å²) in [5.74, 6) is 0. The van der Waals surface area contributed by atoms with Gasteiger partial charge in [0.05, 0.1) is 0 Å². The van der Waals surface area contributed by atoms with Crippen molar-refractivity contribution < 1.29 is 9.90 Å². The number of nitrogens with one attached hydrogen (secondary N) is 1. The zero-order valence-corrected chi connectivity index (χ0v) is 7.88. The molecule has 0 heterocycles. The quantitative estimate of drug-likeness (QED) is 0.657. The van der Waals surface area contributed by atoms with E-state index in [-0.39, 0.29) is 5.41 Å². The van der Waals surface area contributed by atoms with Crippen molar-refractivity contribution in [1.82, 2.24) is 5.32 Å². The van der Waals surface area contributed by atoms with Crippen LogP contribution >= 0.6 is 0 Å². The van der Waals surface area contributed by atoms with Crippen molar-refractivity contribution in [3.63, 3.8) is 0 Å². The van der Waals surface area contributed by atoms with Crippen LogP contribution in [0.3, 0.4) is 0 Å². The van der Waals surface area contributed by atoms with Gasteiger partial charge in [-0.05, 0) is 24.7 Å². The number of carboxylic acid groups (broad SMARTS) is 1. The minimum Gasteiger partial charge on any atom is -0.465 e. The second-order valence-corrected chi connectivity index (χ2v) is 3.86. The van der Waals surface area contributed by atoms with Crippen molar-refractivity contribution in [2.24, 2.45) is 5.41 Å². The maximum absolute atomic E-state index is 10.4. The Hall–Kier alpha value is -0.990. The Morgan fingerprint density at radius 2 is 2.15 bits per heavy atom. The highest BCUT2D eigenvalue weighted by Gasteiger charge is 2.32. The zero-order chi connectivity index (χ0) is 9.73. The van der Waals surface area contributed by atoms with Gasteiger partial charge in [-0.25, -0.2) is 4.79 Å². The first-order valence-electron chi connectivity index (χ1n) is 4.76. The van der Waals surface area contributed by atoms with Gasteiger partial charge in [-0.3, -0.25) is 0 Å². The van der Waals surface area contributed by atoms with Crippen LogP contribution in [0.15, 0.2) is 12.7 Å². The monoisotopic (exact) mass is 183 g/mol. The fourth-order valence-corrected chi connectivity index (χ4v) is 2.15. The topological polar surface area (TPSA) is 49.3 Å². The maximum Gasteiger partial charge on any atom is 0.404 e. The van der Waals surface area contributed by atoms with Crippen LogP contribution in [0.1, 0.15) is 32.1 Å². The highest BCUT2D eigenvalue weighted by molar-refractivity contribution is 5.64. The number of hydrogen-bond donors (Lipinski definition) is 2. The van der Waals surface area contributed by atoms with Crippen molar-refractivity contribution in [3.8, 4) is 0 Å². The first kappa shape index (κ1) is 10.1. The van der Waals surface area contributed by atoms with E-state index in [4.69, 9.17) is 5.11 Å². The Bertz CT molecular complexity index is 195. The van der Waals surface area contributed by atoms with Gasteiger partial charge in [0.25, 0.3) is 0 Å².